The van der Waals surface area contributed by atoms with E-state index in [4.69, 9.17) is 4.74 Å². The molecule has 8 heteroatoms. The van der Waals surface area contributed by atoms with Crippen molar-refractivity contribution in [2.24, 2.45) is 5.92 Å². The predicted molar refractivity (Wildman–Crippen MR) is 111 cm³/mol. The first kappa shape index (κ1) is 23.4. The Morgan fingerprint density at radius 1 is 1.03 bits per heavy atom. The molecule has 0 saturated heterocycles. The van der Waals surface area contributed by atoms with E-state index >= 15 is 0 Å². The van der Waals surface area contributed by atoms with Crippen LogP contribution in [-0.2, 0) is 25.5 Å². The second-order valence-electron chi connectivity index (χ2n) is 7.97. The fourth-order valence-corrected chi connectivity index (χ4v) is 3.31. The van der Waals surface area contributed by atoms with Crippen LogP contribution < -0.4 is 16.0 Å². The van der Waals surface area contributed by atoms with Crippen LogP contribution in [0, 0.1) is 5.92 Å². The van der Waals surface area contributed by atoms with Crippen molar-refractivity contribution in [3.8, 4) is 0 Å². The predicted octanol–water partition coefficient (Wildman–Crippen LogP) is 2.07. The number of imide groups is 1. The van der Waals surface area contributed by atoms with E-state index < -0.39 is 30.1 Å². The number of ether oxygens (including phenoxy) is 1. The zero-order chi connectivity index (χ0) is 22.1. The van der Waals surface area contributed by atoms with Gasteiger partial charge < -0.3 is 15.4 Å². The van der Waals surface area contributed by atoms with Gasteiger partial charge in [0, 0.05) is 6.04 Å². The fraction of sp³-hybridized carbons (Fsp3) is 0.545. The molecule has 1 fully saturated rings. The smallest absolute Gasteiger partial charge is 0.329 e. The van der Waals surface area contributed by atoms with Gasteiger partial charge in [-0.1, -0.05) is 57.0 Å². The minimum atomic E-state index is -1.17. The summed E-state index contributed by atoms with van der Waals surface area (Å²) < 4.78 is 5.21. The molecule has 1 aromatic rings. The zero-order valence-electron chi connectivity index (χ0n) is 17.8. The SMILES string of the molecule is CC(C)[C@H](NC(=O)Cc1ccccc1)C(=O)O[C@H](C)C(=O)NC(=O)NC1CCCC1. The van der Waals surface area contributed by atoms with Crippen LogP contribution in [0.25, 0.3) is 0 Å². The van der Waals surface area contributed by atoms with E-state index in [2.05, 4.69) is 16.0 Å². The second kappa shape index (κ2) is 11.3. The van der Waals surface area contributed by atoms with Crippen LogP contribution in [0.15, 0.2) is 30.3 Å². The number of carbonyl (C=O) groups is 4. The number of esters is 1. The third kappa shape index (κ3) is 7.50. The molecule has 2 atom stereocenters. The molecule has 2 rings (SSSR count). The van der Waals surface area contributed by atoms with Gasteiger partial charge in [-0.15, -0.1) is 0 Å². The first-order chi connectivity index (χ1) is 14.3. The highest BCUT2D eigenvalue weighted by molar-refractivity contribution is 5.97. The molecule has 0 unspecified atom stereocenters. The Bertz CT molecular complexity index is 744. The van der Waals surface area contributed by atoms with Gasteiger partial charge in [0.2, 0.25) is 5.91 Å². The lowest BCUT2D eigenvalue weighted by Crippen LogP contribution is -2.50. The summed E-state index contributed by atoms with van der Waals surface area (Å²) in [6, 6.07) is 7.75. The summed E-state index contributed by atoms with van der Waals surface area (Å²) in [6.07, 6.45) is 2.86. The number of rotatable bonds is 8. The number of amides is 4. The number of nitrogens with one attached hydrogen (secondary N) is 3. The van der Waals surface area contributed by atoms with Crippen molar-refractivity contribution in [3.63, 3.8) is 0 Å². The van der Waals surface area contributed by atoms with Crippen LogP contribution in [0.3, 0.4) is 0 Å². The number of carbonyl (C=O) groups excluding carboxylic acids is 4. The molecule has 0 heterocycles. The van der Waals surface area contributed by atoms with Gasteiger partial charge in [-0.25, -0.2) is 9.59 Å². The topological polar surface area (TPSA) is 114 Å². The summed E-state index contributed by atoms with van der Waals surface area (Å²) in [6.45, 7) is 4.93. The molecule has 30 heavy (non-hydrogen) atoms. The molecule has 164 valence electrons. The monoisotopic (exact) mass is 417 g/mol. The molecular weight excluding hydrogens is 386 g/mol. The summed E-state index contributed by atoms with van der Waals surface area (Å²) in [4.78, 5) is 48.9. The van der Waals surface area contributed by atoms with Crippen molar-refractivity contribution in [2.75, 3.05) is 0 Å². The molecule has 0 radical (unpaired) electrons. The lowest BCUT2D eigenvalue weighted by atomic mass is 10.0. The zero-order valence-corrected chi connectivity index (χ0v) is 17.8. The van der Waals surface area contributed by atoms with Crippen molar-refractivity contribution in [1.29, 1.82) is 0 Å². The van der Waals surface area contributed by atoms with Crippen LogP contribution in [0.5, 0.6) is 0 Å². The molecule has 1 aliphatic rings. The minimum absolute atomic E-state index is 0.0702. The van der Waals surface area contributed by atoms with E-state index in [0.717, 1.165) is 31.2 Å². The van der Waals surface area contributed by atoms with E-state index in [-0.39, 0.29) is 24.3 Å². The summed E-state index contributed by atoms with van der Waals surface area (Å²) >= 11 is 0. The summed E-state index contributed by atoms with van der Waals surface area (Å²) in [5.41, 5.74) is 0.826. The van der Waals surface area contributed by atoms with Gasteiger partial charge in [0.05, 0.1) is 6.42 Å². The number of benzene rings is 1. The highest BCUT2D eigenvalue weighted by atomic mass is 16.5. The first-order valence-corrected chi connectivity index (χ1v) is 10.4. The highest BCUT2D eigenvalue weighted by Gasteiger charge is 2.29. The molecule has 0 aliphatic heterocycles. The molecule has 1 aliphatic carbocycles. The van der Waals surface area contributed by atoms with Crippen LogP contribution in [0.4, 0.5) is 4.79 Å². The minimum Gasteiger partial charge on any atom is -0.451 e. The Morgan fingerprint density at radius 3 is 2.27 bits per heavy atom. The van der Waals surface area contributed by atoms with Gasteiger partial charge in [0.1, 0.15) is 6.04 Å². The highest BCUT2D eigenvalue weighted by Crippen LogP contribution is 2.17. The summed E-state index contributed by atoms with van der Waals surface area (Å²) in [7, 11) is 0. The fourth-order valence-electron chi connectivity index (χ4n) is 3.31. The Hall–Kier alpha value is -2.90. The van der Waals surface area contributed by atoms with Crippen molar-refractivity contribution < 1.29 is 23.9 Å². The maximum Gasteiger partial charge on any atom is 0.329 e. The maximum absolute atomic E-state index is 12.5. The van der Waals surface area contributed by atoms with E-state index in [1.807, 2.05) is 30.3 Å². The van der Waals surface area contributed by atoms with Gasteiger partial charge in [0.15, 0.2) is 6.10 Å². The molecule has 0 aromatic heterocycles. The van der Waals surface area contributed by atoms with Gasteiger partial charge in [-0.05, 0) is 31.2 Å². The molecule has 3 N–H and O–H groups in total. The first-order valence-electron chi connectivity index (χ1n) is 10.4. The van der Waals surface area contributed by atoms with Crippen molar-refractivity contribution in [3.05, 3.63) is 35.9 Å². The Balaban J connectivity index is 1.84. The summed E-state index contributed by atoms with van der Waals surface area (Å²) in [5.74, 6) is -1.98. The van der Waals surface area contributed by atoms with Crippen molar-refractivity contribution in [1.82, 2.24) is 16.0 Å². The average molecular weight is 418 g/mol. The second-order valence-corrected chi connectivity index (χ2v) is 7.97. The molecule has 0 bridgehead atoms. The van der Waals surface area contributed by atoms with E-state index in [9.17, 15) is 19.2 Å². The number of hydrogen-bond acceptors (Lipinski definition) is 5. The summed E-state index contributed by atoms with van der Waals surface area (Å²) in [5, 5.41) is 7.61. The number of urea groups is 1. The van der Waals surface area contributed by atoms with E-state index in [1.54, 1.807) is 13.8 Å². The van der Waals surface area contributed by atoms with E-state index in [0.29, 0.717) is 0 Å². The molecule has 0 spiro atoms. The normalized spacial score (nSPS) is 15.9. The van der Waals surface area contributed by atoms with Gasteiger partial charge in [0.25, 0.3) is 5.91 Å². The lowest BCUT2D eigenvalue weighted by Gasteiger charge is -2.23. The molecule has 1 aromatic carbocycles. The molecule has 8 nitrogen and oxygen atoms in total. The molecular formula is C22H31N3O5. The van der Waals surface area contributed by atoms with Crippen molar-refractivity contribution >= 4 is 23.8 Å². The average Bonchev–Trinajstić information content (AvgIpc) is 3.19. The third-order valence-electron chi connectivity index (χ3n) is 5.03. The molecule has 4 amide bonds. The maximum atomic E-state index is 12.5. The van der Waals surface area contributed by atoms with Crippen LogP contribution in [0.2, 0.25) is 0 Å². The third-order valence-corrected chi connectivity index (χ3v) is 5.03. The van der Waals surface area contributed by atoms with Crippen LogP contribution in [-0.4, -0.2) is 42.0 Å². The quantitative estimate of drug-likeness (QED) is 0.561. The number of hydrogen-bond donors (Lipinski definition) is 3. The Morgan fingerprint density at radius 2 is 1.67 bits per heavy atom. The van der Waals surface area contributed by atoms with Crippen LogP contribution in [0.1, 0.15) is 52.0 Å². The van der Waals surface area contributed by atoms with Gasteiger partial charge in [-0.2, -0.15) is 0 Å². The van der Waals surface area contributed by atoms with Gasteiger partial charge >= 0.3 is 12.0 Å². The standard InChI is InChI=1S/C22H31N3O5/c1-14(2)19(24-18(26)13-16-9-5-4-6-10-16)21(28)30-15(3)20(27)25-22(29)23-17-11-7-8-12-17/h4-6,9-10,14-15,17,19H,7-8,11-13H2,1-3H3,(H,24,26)(H2,23,25,27,29)/t15-,19+/m1/s1. The van der Waals surface area contributed by atoms with E-state index in [1.165, 1.54) is 6.92 Å². The lowest BCUT2D eigenvalue weighted by molar-refractivity contribution is -0.158. The van der Waals surface area contributed by atoms with Gasteiger partial charge in [-0.3, -0.25) is 14.9 Å². The largest absolute Gasteiger partial charge is 0.451 e. The Labute approximate surface area is 177 Å². The Kier molecular flexibility index (Phi) is 8.83. The van der Waals surface area contributed by atoms with Crippen LogP contribution >= 0.6 is 0 Å². The molecule has 1 saturated carbocycles. The van der Waals surface area contributed by atoms with Crippen molar-refractivity contribution in [2.45, 2.75) is 71.1 Å².